The fraction of sp³-hybridized carbons (Fsp3) is 0.901. The number of unbranched alkanes of at least 4 members (excludes halogenated alkanes) is 27. The second-order valence-electron chi connectivity index (χ2n) is 25.2. The van der Waals surface area contributed by atoms with Gasteiger partial charge in [0.15, 0.2) is 0 Å². The first-order valence-electron chi connectivity index (χ1n) is 37.2. The molecule has 0 saturated heterocycles. The van der Waals surface area contributed by atoms with Gasteiger partial charge in [0.05, 0.1) is 85.3 Å². The fourth-order valence-corrected chi connectivity index (χ4v) is 10.8. The first-order valence-corrected chi connectivity index (χ1v) is 37.2. The van der Waals surface area contributed by atoms with E-state index in [9.17, 15) is 38.7 Å². The average molecular weight is 1340 g/mol. The van der Waals surface area contributed by atoms with Gasteiger partial charge in [0, 0.05) is 52.4 Å². The number of carbonyl (C=O) groups is 7. The highest BCUT2D eigenvalue weighted by atomic mass is 16.6. The van der Waals surface area contributed by atoms with Gasteiger partial charge in [-0.2, -0.15) is 0 Å². The zero-order valence-electron chi connectivity index (χ0n) is 59.4. The summed E-state index contributed by atoms with van der Waals surface area (Å²) in [5.41, 5.74) is 11.8. The quantitative estimate of drug-likeness (QED) is 0.0202. The van der Waals surface area contributed by atoms with Crippen molar-refractivity contribution in [1.82, 2.24) is 31.5 Å². The lowest BCUT2D eigenvalue weighted by Gasteiger charge is -2.29. The molecule has 4 atom stereocenters. The van der Waals surface area contributed by atoms with Gasteiger partial charge < -0.3 is 76.3 Å². The maximum absolute atomic E-state index is 13.9. The molecule has 0 heterocycles. The summed E-state index contributed by atoms with van der Waals surface area (Å²) in [4.78, 5) is 88.6. The summed E-state index contributed by atoms with van der Waals surface area (Å²) in [7, 11) is 1.68. The van der Waals surface area contributed by atoms with Crippen molar-refractivity contribution in [3.63, 3.8) is 0 Å². The molecule has 0 bridgehead atoms. The van der Waals surface area contributed by atoms with Crippen molar-refractivity contribution in [2.45, 2.75) is 301 Å². The molecule has 0 aromatic heterocycles. The number of aliphatic hydroxyl groups excluding tert-OH is 1. The van der Waals surface area contributed by atoms with Gasteiger partial charge in [-0.05, 0) is 90.0 Å². The van der Waals surface area contributed by atoms with E-state index in [1.807, 2.05) is 0 Å². The molecule has 4 unspecified atom stereocenters. The molecule has 0 aromatic rings. The number of hydrogen-bond donors (Lipinski definition) is 9. The van der Waals surface area contributed by atoms with Crippen LogP contribution in [0.1, 0.15) is 277 Å². The Balaban J connectivity index is 4.35. The zero-order chi connectivity index (χ0) is 69.0. The monoisotopic (exact) mass is 1340 g/mol. The Morgan fingerprint density at radius 3 is 1.26 bits per heavy atom. The van der Waals surface area contributed by atoms with E-state index in [2.05, 4.69) is 40.4 Å². The molecule has 0 aliphatic carbocycles. The SMILES string of the molecule is CCCCCCCCCCCCCCCC(=O)N(C)C(CCCCNC(O)CCCCCCCCCCCCCCC)C(=O)NC(CCCCNC(=O)CCOCCOCCOCCOCCOCCOCCNC(=O)C(N)CCCCNC(=O)CCCC(=O)O)C(N)=O. The van der Waals surface area contributed by atoms with Crippen LogP contribution < -0.4 is 38.1 Å². The maximum Gasteiger partial charge on any atom is 0.303 e. The smallest absolute Gasteiger partial charge is 0.303 e. The molecule has 0 aliphatic rings. The number of aliphatic carboxylic acids is 1. The second-order valence-corrected chi connectivity index (χ2v) is 25.2. The number of aliphatic hydroxyl groups is 1. The molecule has 552 valence electrons. The number of rotatable bonds is 74. The van der Waals surface area contributed by atoms with Crippen LogP contribution in [0.5, 0.6) is 0 Å². The molecule has 0 aliphatic heterocycles. The zero-order valence-corrected chi connectivity index (χ0v) is 59.4. The highest BCUT2D eigenvalue weighted by Gasteiger charge is 2.29. The number of ether oxygens (including phenoxy) is 6. The van der Waals surface area contributed by atoms with Crippen LogP contribution in [-0.2, 0) is 62.0 Å². The van der Waals surface area contributed by atoms with Crippen LogP contribution in [0.15, 0.2) is 0 Å². The van der Waals surface area contributed by atoms with Crippen molar-refractivity contribution in [3.05, 3.63) is 0 Å². The van der Waals surface area contributed by atoms with Gasteiger partial charge in [0.25, 0.3) is 0 Å². The van der Waals surface area contributed by atoms with Crippen LogP contribution in [0, 0.1) is 0 Å². The number of carbonyl (C=O) groups excluding carboxylic acids is 6. The van der Waals surface area contributed by atoms with Crippen LogP contribution in [0.4, 0.5) is 0 Å². The number of amides is 6. The number of nitrogens with zero attached hydrogens (tertiary/aromatic N) is 1. The molecule has 11 N–H and O–H groups in total. The molecular formula is C71H138N8O15. The summed E-state index contributed by atoms with van der Waals surface area (Å²) < 4.78 is 33.2. The molecule has 6 amide bonds. The Morgan fingerprint density at radius 2 is 0.787 bits per heavy atom. The Labute approximate surface area is 568 Å². The van der Waals surface area contributed by atoms with Crippen molar-refractivity contribution >= 4 is 41.4 Å². The molecular weight excluding hydrogens is 1200 g/mol. The number of carboxylic acid groups (broad SMARTS) is 1. The van der Waals surface area contributed by atoms with E-state index in [1.165, 1.54) is 135 Å². The van der Waals surface area contributed by atoms with Crippen LogP contribution >= 0.6 is 0 Å². The van der Waals surface area contributed by atoms with Gasteiger partial charge in [-0.1, -0.05) is 168 Å². The number of primary amides is 1. The first-order chi connectivity index (χ1) is 45.7. The lowest BCUT2D eigenvalue weighted by atomic mass is 10.0. The van der Waals surface area contributed by atoms with Gasteiger partial charge in [-0.3, -0.25) is 38.9 Å². The summed E-state index contributed by atoms with van der Waals surface area (Å²) >= 11 is 0. The lowest BCUT2D eigenvalue weighted by Crippen LogP contribution is -2.53. The summed E-state index contributed by atoms with van der Waals surface area (Å²) in [6, 6.07) is -2.35. The van der Waals surface area contributed by atoms with Crippen molar-refractivity contribution in [1.29, 1.82) is 0 Å². The molecule has 0 spiro atoms. The molecule has 0 fully saturated rings. The molecule has 0 saturated carbocycles. The molecule has 94 heavy (non-hydrogen) atoms. The Hall–Kier alpha value is -4.07. The van der Waals surface area contributed by atoms with Gasteiger partial charge in [0.1, 0.15) is 18.3 Å². The maximum atomic E-state index is 13.9. The third kappa shape index (κ3) is 61.5. The van der Waals surface area contributed by atoms with E-state index < -0.39 is 42.1 Å². The minimum absolute atomic E-state index is 0.0369. The van der Waals surface area contributed by atoms with Crippen molar-refractivity contribution in [3.8, 4) is 0 Å². The first kappa shape index (κ1) is 89.9. The summed E-state index contributed by atoms with van der Waals surface area (Å²) in [6.07, 6.45) is 38.5. The third-order valence-electron chi connectivity index (χ3n) is 16.7. The minimum Gasteiger partial charge on any atom is -0.481 e. The summed E-state index contributed by atoms with van der Waals surface area (Å²) in [5.74, 6) is -2.69. The Kier molecular flexibility index (Phi) is 65.9. The van der Waals surface area contributed by atoms with Crippen LogP contribution in [0.25, 0.3) is 0 Å². The Morgan fingerprint density at radius 1 is 0.394 bits per heavy atom. The van der Waals surface area contributed by atoms with E-state index in [-0.39, 0.29) is 49.5 Å². The third-order valence-corrected chi connectivity index (χ3v) is 16.7. The second kappa shape index (κ2) is 68.9. The molecule has 0 aromatic carbocycles. The molecule has 23 heteroatoms. The van der Waals surface area contributed by atoms with E-state index in [4.69, 9.17) is 45.0 Å². The normalized spacial score (nSPS) is 12.7. The van der Waals surface area contributed by atoms with E-state index in [0.29, 0.717) is 176 Å². The van der Waals surface area contributed by atoms with Gasteiger partial charge in [-0.25, -0.2) is 0 Å². The average Bonchev–Trinajstić information content (AvgIpc) is 1.05. The summed E-state index contributed by atoms with van der Waals surface area (Å²) in [6.45, 7) is 10.6. The van der Waals surface area contributed by atoms with Gasteiger partial charge >= 0.3 is 5.97 Å². The largest absolute Gasteiger partial charge is 0.481 e. The summed E-state index contributed by atoms with van der Waals surface area (Å²) in [5, 5.41) is 33.7. The number of hydrogen-bond acceptors (Lipinski definition) is 16. The number of carboxylic acids is 1. The standard InChI is InChI=1S/C71H138N8O15/c1-4-6-8-10-12-14-16-18-20-22-24-26-28-40-64(80)74-47-35-32-39-63(79(3)67(83)42-29-27-25-23-21-19-17-15-13-11-9-7-5-2)71(88)78-62(69(73)86)38-31-34-46-76-66(82)44-49-89-51-53-91-55-57-93-59-60-94-58-56-92-54-52-90-50-48-77-70(87)61(72)37-30-33-45-75-65(81)41-36-43-68(84)85/h61-64,74,80H,4-60,72H2,1-3H3,(H2,73,86)(H,75,81)(H,76,82)(H,77,87)(H,78,88)(H,84,85). The predicted octanol–water partition coefficient (Wildman–Crippen LogP) is 9.59. The number of likely N-dealkylation sites (N-methyl/N-ethyl adjacent to an activating group) is 1. The van der Waals surface area contributed by atoms with Crippen molar-refractivity contribution in [2.75, 3.05) is 113 Å². The highest BCUT2D eigenvalue weighted by Crippen LogP contribution is 2.17. The van der Waals surface area contributed by atoms with E-state index in [0.717, 1.165) is 32.1 Å². The van der Waals surface area contributed by atoms with Gasteiger partial charge in [0.2, 0.25) is 35.4 Å². The molecule has 0 rings (SSSR count). The van der Waals surface area contributed by atoms with E-state index in [1.54, 1.807) is 11.9 Å². The van der Waals surface area contributed by atoms with Crippen molar-refractivity contribution < 1.29 is 72.2 Å². The fourth-order valence-electron chi connectivity index (χ4n) is 10.8. The Bertz CT molecular complexity index is 1810. The van der Waals surface area contributed by atoms with E-state index >= 15 is 0 Å². The van der Waals surface area contributed by atoms with Crippen LogP contribution in [0.3, 0.4) is 0 Å². The van der Waals surface area contributed by atoms with Gasteiger partial charge in [-0.15, -0.1) is 0 Å². The van der Waals surface area contributed by atoms with Crippen LogP contribution in [-0.4, -0.2) is 193 Å². The predicted molar refractivity (Wildman–Crippen MR) is 372 cm³/mol. The molecule has 23 nitrogen and oxygen atoms in total. The molecule has 0 radical (unpaired) electrons. The lowest BCUT2D eigenvalue weighted by molar-refractivity contribution is -0.140. The number of nitrogens with one attached hydrogen (secondary N) is 5. The van der Waals surface area contributed by atoms with Crippen molar-refractivity contribution in [2.24, 2.45) is 11.5 Å². The minimum atomic E-state index is -0.926. The van der Waals surface area contributed by atoms with Crippen LogP contribution in [0.2, 0.25) is 0 Å². The number of nitrogens with two attached hydrogens (primary N) is 2. The topological polar surface area (TPSA) is 331 Å². The highest BCUT2D eigenvalue weighted by molar-refractivity contribution is 5.91.